The number of nitrogens with zero attached hydrogens (tertiary/aromatic N) is 2. The van der Waals surface area contributed by atoms with E-state index >= 15 is 0 Å². The SMILES string of the molecule is Cc1ccccc1CN(Cc1cccnc1)C(=S)Nc1ccc(Cl)cc1. The van der Waals surface area contributed by atoms with Gasteiger partial charge in [-0.2, -0.15) is 0 Å². The van der Waals surface area contributed by atoms with Crippen LogP contribution in [0.4, 0.5) is 5.69 Å². The Hall–Kier alpha value is -2.43. The summed E-state index contributed by atoms with van der Waals surface area (Å²) in [4.78, 5) is 6.35. The fourth-order valence-corrected chi connectivity index (χ4v) is 3.01. The van der Waals surface area contributed by atoms with E-state index in [2.05, 4.69) is 52.5 Å². The highest BCUT2D eigenvalue weighted by Crippen LogP contribution is 2.17. The average Bonchev–Trinajstić information content (AvgIpc) is 2.65. The fourth-order valence-electron chi connectivity index (χ4n) is 2.64. The minimum atomic E-state index is 0.666. The summed E-state index contributed by atoms with van der Waals surface area (Å²) in [6, 6.07) is 19.9. The second kappa shape index (κ2) is 8.79. The predicted octanol–water partition coefficient (Wildman–Crippen LogP) is 5.44. The van der Waals surface area contributed by atoms with Crippen molar-refractivity contribution in [1.29, 1.82) is 0 Å². The smallest absolute Gasteiger partial charge is 0.174 e. The zero-order valence-corrected chi connectivity index (χ0v) is 16.1. The number of hydrogen-bond donors (Lipinski definition) is 1. The molecular weight excluding hydrogens is 362 g/mol. The van der Waals surface area contributed by atoms with Crippen molar-refractivity contribution in [2.75, 3.05) is 5.32 Å². The third-order valence-electron chi connectivity index (χ3n) is 4.10. The summed E-state index contributed by atoms with van der Waals surface area (Å²) in [7, 11) is 0. The van der Waals surface area contributed by atoms with Crippen LogP contribution in [-0.4, -0.2) is 15.0 Å². The highest BCUT2D eigenvalue weighted by Gasteiger charge is 2.13. The summed E-state index contributed by atoms with van der Waals surface area (Å²) in [6.45, 7) is 3.52. The van der Waals surface area contributed by atoms with Gasteiger partial charge in [0.25, 0.3) is 0 Å². The largest absolute Gasteiger partial charge is 0.340 e. The van der Waals surface area contributed by atoms with Gasteiger partial charge in [0.15, 0.2) is 5.11 Å². The van der Waals surface area contributed by atoms with Crippen LogP contribution in [0.5, 0.6) is 0 Å². The zero-order chi connectivity index (χ0) is 18.4. The van der Waals surface area contributed by atoms with E-state index in [4.69, 9.17) is 23.8 Å². The lowest BCUT2D eigenvalue weighted by atomic mass is 10.1. The number of aryl methyl sites for hydroxylation is 1. The molecule has 0 aliphatic carbocycles. The maximum absolute atomic E-state index is 5.96. The van der Waals surface area contributed by atoms with E-state index in [1.807, 2.05) is 36.5 Å². The second-order valence-corrected chi connectivity index (χ2v) is 6.90. The lowest BCUT2D eigenvalue weighted by Crippen LogP contribution is -2.34. The number of pyridine rings is 1. The monoisotopic (exact) mass is 381 g/mol. The Morgan fingerprint density at radius 1 is 1.04 bits per heavy atom. The highest BCUT2D eigenvalue weighted by atomic mass is 35.5. The lowest BCUT2D eigenvalue weighted by Gasteiger charge is -2.27. The van der Waals surface area contributed by atoms with E-state index in [1.54, 1.807) is 6.20 Å². The van der Waals surface area contributed by atoms with Crippen molar-refractivity contribution in [1.82, 2.24) is 9.88 Å². The number of nitrogens with one attached hydrogen (secondary N) is 1. The van der Waals surface area contributed by atoms with Crippen molar-refractivity contribution in [3.05, 3.63) is 94.8 Å². The molecule has 0 spiro atoms. The minimum absolute atomic E-state index is 0.666. The van der Waals surface area contributed by atoms with Gasteiger partial charge in [0.05, 0.1) is 0 Å². The minimum Gasteiger partial charge on any atom is -0.340 e. The highest BCUT2D eigenvalue weighted by molar-refractivity contribution is 7.80. The Labute approximate surface area is 164 Å². The maximum Gasteiger partial charge on any atom is 0.174 e. The summed E-state index contributed by atoms with van der Waals surface area (Å²) in [5.74, 6) is 0. The summed E-state index contributed by atoms with van der Waals surface area (Å²) < 4.78 is 0. The van der Waals surface area contributed by atoms with E-state index in [0.29, 0.717) is 16.7 Å². The van der Waals surface area contributed by atoms with Crippen molar-refractivity contribution in [2.45, 2.75) is 20.0 Å². The molecule has 26 heavy (non-hydrogen) atoms. The molecule has 0 saturated heterocycles. The molecule has 3 rings (SSSR count). The number of anilines is 1. The fraction of sp³-hybridized carbons (Fsp3) is 0.143. The predicted molar refractivity (Wildman–Crippen MR) is 112 cm³/mol. The second-order valence-electron chi connectivity index (χ2n) is 6.08. The first-order valence-electron chi connectivity index (χ1n) is 8.37. The van der Waals surface area contributed by atoms with E-state index in [-0.39, 0.29) is 0 Å². The molecule has 0 saturated carbocycles. The number of benzene rings is 2. The number of thiocarbonyl (C=S) groups is 1. The van der Waals surface area contributed by atoms with Crippen molar-refractivity contribution in [3.8, 4) is 0 Å². The van der Waals surface area contributed by atoms with Gasteiger partial charge in [-0.05, 0) is 66.2 Å². The number of aromatic nitrogens is 1. The van der Waals surface area contributed by atoms with Crippen LogP contribution in [0.3, 0.4) is 0 Å². The van der Waals surface area contributed by atoms with Gasteiger partial charge in [-0.25, -0.2) is 0 Å². The van der Waals surface area contributed by atoms with Crippen LogP contribution in [0.25, 0.3) is 0 Å². The topological polar surface area (TPSA) is 28.2 Å². The molecule has 3 nitrogen and oxygen atoms in total. The van der Waals surface area contributed by atoms with Gasteiger partial charge in [0.2, 0.25) is 0 Å². The van der Waals surface area contributed by atoms with Gasteiger partial charge >= 0.3 is 0 Å². The summed E-state index contributed by atoms with van der Waals surface area (Å²) >= 11 is 11.7. The molecule has 3 aromatic rings. The molecule has 0 aliphatic rings. The zero-order valence-electron chi connectivity index (χ0n) is 14.5. The van der Waals surface area contributed by atoms with Crippen LogP contribution in [0.1, 0.15) is 16.7 Å². The molecule has 1 N–H and O–H groups in total. The molecule has 1 heterocycles. The van der Waals surface area contributed by atoms with Crippen LogP contribution in [-0.2, 0) is 13.1 Å². The van der Waals surface area contributed by atoms with Gasteiger partial charge in [0.1, 0.15) is 0 Å². The molecule has 0 aliphatic heterocycles. The summed E-state index contributed by atoms with van der Waals surface area (Å²) in [5, 5.41) is 4.68. The van der Waals surface area contributed by atoms with E-state index < -0.39 is 0 Å². The van der Waals surface area contributed by atoms with E-state index in [9.17, 15) is 0 Å². The molecule has 0 amide bonds. The van der Waals surface area contributed by atoms with Crippen LogP contribution in [0.2, 0.25) is 5.02 Å². The molecular formula is C21H20ClN3S. The summed E-state index contributed by atoms with van der Waals surface area (Å²) in [5.41, 5.74) is 4.52. The van der Waals surface area contributed by atoms with Gasteiger partial charge in [-0.3, -0.25) is 4.98 Å². The van der Waals surface area contributed by atoms with Crippen LogP contribution in [0.15, 0.2) is 73.1 Å². The number of hydrogen-bond acceptors (Lipinski definition) is 2. The first kappa shape index (κ1) is 18.4. The van der Waals surface area contributed by atoms with E-state index in [0.717, 1.165) is 17.8 Å². The molecule has 0 radical (unpaired) electrons. The molecule has 0 atom stereocenters. The first-order valence-corrected chi connectivity index (χ1v) is 9.15. The van der Waals surface area contributed by atoms with Crippen molar-refractivity contribution in [2.24, 2.45) is 0 Å². The lowest BCUT2D eigenvalue weighted by molar-refractivity contribution is 0.411. The third kappa shape index (κ3) is 5.04. The standard InChI is InChI=1S/C21H20ClN3S/c1-16-5-2-3-7-18(16)15-25(14-17-6-4-12-23-13-17)21(26)24-20-10-8-19(22)9-11-20/h2-13H,14-15H2,1H3,(H,24,26). The van der Waals surface area contributed by atoms with Crippen LogP contribution in [0, 0.1) is 6.92 Å². The average molecular weight is 382 g/mol. The Morgan fingerprint density at radius 2 is 1.81 bits per heavy atom. The van der Waals surface area contributed by atoms with Crippen molar-refractivity contribution >= 4 is 34.6 Å². The van der Waals surface area contributed by atoms with Gasteiger partial charge < -0.3 is 10.2 Å². The van der Waals surface area contributed by atoms with Crippen LogP contribution >= 0.6 is 23.8 Å². The molecule has 1 aromatic heterocycles. The van der Waals surface area contributed by atoms with Gasteiger partial charge in [-0.15, -0.1) is 0 Å². The molecule has 0 bridgehead atoms. The van der Waals surface area contributed by atoms with Gasteiger partial charge in [-0.1, -0.05) is 41.9 Å². The van der Waals surface area contributed by atoms with Crippen molar-refractivity contribution in [3.63, 3.8) is 0 Å². The normalized spacial score (nSPS) is 10.4. The molecule has 5 heteroatoms. The van der Waals surface area contributed by atoms with Gasteiger partial charge in [0, 0.05) is 36.2 Å². The molecule has 0 fully saturated rings. The number of halogens is 1. The van der Waals surface area contributed by atoms with Crippen LogP contribution < -0.4 is 5.32 Å². The summed E-state index contributed by atoms with van der Waals surface area (Å²) in [6.07, 6.45) is 3.65. The van der Waals surface area contributed by atoms with Crippen molar-refractivity contribution < 1.29 is 0 Å². The Balaban J connectivity index is 1.80. The Morgan fingerprint density at radius 3 is 2.50 bits per heavy atom. The Kier molecular flexibility index (Phi) is 6.21. The Bertz CT molecular complexity index is 866. The molecule has 0 unspecified atom stereocenters. The molecule has 2 aromatic carbocycles. The first-order chi connectivity index (χ1) is 12.6. The quantitative estimate of drug-likeness (QED) is 0.595. The van der Waals surface area contributed by atoms with E-state index in [1.165, 1.54) is 11.1 Å². The maximum atomic E-state index is 5.96. The third-order valence-corrected chi connectivity index (χ3v) is 4.71. The molecule has 132 valence electrons. The number of rotatable bonds is 5.